The summed E-state index contributed by atoms with van der Waals surface area (Å²) in [5.74, 6) is 0.00477. The van der Waals surface area contributed by atoms with E-state index in [4.69, 9.17) is 9.47 Å². The number of anilines is 1. The first-order valence-corrected chi connectivity index (χ1v) is 9.23. The molecule has 3 rings (SSSR count). The van der Waals surface area contributed by atoms with E-state index in [0.717, 1.165) is 23.8 Å². The van der Waals surface area contributed by atoms with Crippen molar-refractivity contribution in [3.63, 3.8) is 0 Å². The molecule has 0 unspecified atom stereocenters. The lowest BCUT2D eigenvalue weighted by molar-refractivity contribution is -0.133. The minimum atomic E-state index is -0.552. The first-order valence-electron chi connectivity index (χ1n) is 8.35. The van der Waals surface area contributed by atoms with Crippen molar-refractivity contribution in [1.82, 2.24) is 9.88 Å². The smallest absolute Gasteiger partial charge is 0.340 e. The number of pyridine rings is 1. The topological polar surface area (TPSA) is 72.0 Å². The molecule has 1 aliphatic heterocycles. The summed E-state index contributed by atoms with van der Waals surface area (Å²) in [7, 11) is 1.69. The van der Waals surface area contributed by atoms with Crippen molar-refractivity contribution >= 4 is 29.0 Å². The highest BCUT2D eigenvalue weighted by Gasteiger charge is 2.16. The molecule has 138 valence electrons. The van der Waals surface area contributed by atoms with Crippen LogP contribution in [0.2, 0.25) is 0 Å². The maximum atomic E-state index is 12.1. The van der Waals surface area contributed by atoms with Gasteiger partial charge < -0.3 is 19.3 Å². The molecule has 0 N–H and O–H groups in total. The third-order valence-electron chi connectivity index (χ3n) is 4.04. The number of morpholine rings is 1. The highest BCUT2D eigenvalue weighted by atomic mass is 32.1. The lowest BCUT2D eigenvalue weighted by atomic mass is 10.2. The van der Waals surface area contributed by atoms with E-state index in [9.17, 15) is 9.59 Å². The lowest BCUT2D eigenvalue weighted by Gasteiger charge is -2.27. The molecule has 1 saturated heterocycles. The van der Waals surface area contributed by atoms with Gasteiger partial charge in [0.2, 0.25) is 0 Å². The number of likely N-dealkylation sites (N-methyl/N-ethyl adjacent to an activating group) is 1. The van der Waals surface area contributed by atoms with Crippen LogP contribution in [-0.4, -0.2) is 61.7 Å². The van der Waals surface area contributed by atoms with Crippen molar-refractivity contribution in [1.29, 1.82) is 0 Å². The van der Waals surface area contributed by atoms with Gasteiger partial charge in [-0.2, -0.15) is 0 Å². The van der Waals surface area contributed by atoms with Crippen molar-refractivity contribution in [2.45, 2.75) is 6.54 Å². The van der Waals surface area contributed by atoms with E-state index < -0.39 is 5.97 Å². The molecule has 8 heteroatoms. The molecule has 0 bridgehead atoms. The SMILES string of the molecule is CN(Cc1cccs1)C(=O)COC(=O)c1ccc(N2CCOCC2)nc1. The second-order valence-electron chi connectivity index (χ2n) is 5.91. The van der Waals surface area contributed by atoms with Gasteiger partial charge >= 0.3 is 5.97 Å². The van der Waals surface area contributed by atoms with E-state index in [-0.39, 0.29) is 12.5 Å². The number of ether oxygens (including phenoxy) is 2. The monoisotopic (exact) mass is 375 g/mol. The van der Waals surface area contributed by atoms with Crippen LogP contribution in [0.25, 0.3) is 0 Å². The first kappa shape index (κ1) is 18.3. The zero-order valence-corrected chi connectivity index (χ0v) is 15.4. The average molecular weight is 375 g/mol. The maximum absolute atomic E-state index is 12.1. The average Bonchev–Trinajstić information content (AvgIpc) is 3.19. The Morgan fingerprint density at radius 3 is 2.77 bits per heavy atom. The number of esters is 1. The van der Waals surface area contributed by atoms with Crippen molar-refractivity contribution in [2.75, 3.05) is 44.9 Å². The van der Waals surface area contributed by atoms with Gasteiger partial charge in [-0.1, -0.05) is 6.07 Å². The van der Waals surface area contributed by atoms with Gasteiger partial charge in [-0.3, -0.25) is 4.79 Å². The summed E-state index contributed by atoms with van der Waals surface area (Å²) in [6.45, 7) is 3.12. The predicted octanol–water partition coefficient (Wildman–Crippen LogP) is 1.80. The third kappa shape index (κ3) is 4.80. The molecule has 0 spiro atoms. The standard InChI is InChI=1S/C18H21N3O4S/c1-20(12-15-3-2-10-26-15)17(22)13-25-18(23)14-4-5-16(19-11-14)21-6-8-24-9-7-21/h2-5,10-11H,6-9,12-13H2,1H3. The van der Waals surface area contributed by atoms with Crippen LogP contribution >= 0.6 is 11.3 Å². The number of carbonyl (C=O) groups excluding carboxylic acids is 2. The minimum absolute atomic E-state index is 0.246. The number of hydrogen-bond donors (Lipinski definition) is 0. The summed E-state index contributed by atoms with van der Waals surface area (Å²) in [4.78, 5) is 33.2. The number of thiophene rings is 1. The van der Waals surface area contributed by atoms with Crippen LogP contribution in [0.3, 0.4) is 0 Å². The Balaban J connectivity index is 1.48. The maximum Gasteiger partial charge on any atom is 0.340 e. The number of hydrogen-bond acceptors (Lipinski definition) is 7. The predicted molar refractivity (Wildman–Crippen MR) is 98.3 cm³/mol. The number of nitrogens with zero attached hydrogens (tertiary/aromatic N) is 3. The highest BCUT2D eigenvalue weighted by Crippen LogP contribution is 2.14. The summed E-state index contributed by atoms with van der Waals surface area (Å²) in [5.41, 5.74) is 0.329. The number of rotatable bonds is 6. The highest BCUT2D eigenvalue weighted by molar-refractivity contribution is 7.09. The molecule has 1 aliphatic rings. The molecule has 2 aromatic rings. The Hall–Kier alpha value is -2.45. The minimum Gasteiger partial charge on any atom is -0.452 e. The number of aromatic nitrogens is 1. The van der Waals surface area contributed by atoms with Gasteiger partial charge in [0.15, 0.2) is 6.61 Å². The van der Waals surface area contributed by atoms with E-state index in [1.807, 2.05) is 17.5 Å². The van der Waals surface area contributed by atoms with Crippen LogP contribution in [0.1, 0.15) is 15.2 Å². The molecule has 1 amide bonds. The summed E-state index contributed by atoms with van der Waals surface area (Å²) >= 11 is 1.58. The van der Waals surface area contributed by atoms with Gasteiger partial charge in [0, 0.05) is 31.2 Å². The fourth-order valence-electron chi connectivity index (χ4n) is 2.53. The van der Waals surface area contributed by atoms with Crippen molar-refractivity contribution < 1.29 is 19.1 Å². The molecule has 1 fully saturated rings. The molecule has 26 heavy (non-hydrogen) atoms. The second-order valence-corrected chi connectivity index (χ2v) is 6.94. The lowest BCUT2D eigenvalue weighted by Crippen LogP contribution is -2.36. The van der Waals surface area contributed by atoms with Gasteiger partial charge in [-0.05, 0) is 23.6 Å². The molecule has 0 radical (unpaired) electrons. The summed E-state index contributed by atoms with van der Waals surface area (Å²) in [6.07, 6.45) is 1.48. The normalized spacial score (nSPS) is 14.1. The van der Waals surface area contributed by atoms with Crippen LogP contribution in [0.4, 0.5) is 5.82 Å². The summed E-state index contributed by atoms with van der Waals surface area (Å²) in [6, 6.07) is 7.35. The van der Waals surface area contributed by atoms with Crippen LogP contribution in [0.15, 0.2) is 35.8 Å². The molecular weight excluding hydrogens is 354 g/mol. The van der Waals surface area contributed by atoms with E-state index in [1.165, 1.54) is 6.20 Å². The van der Waals surface area contributed by atoms with Gasteiger partial charge in [0.05, 0.1) is 25.3 Å². The molecular formula is C18H21N3O4S. The van der Waals surface area contributed by atoms with Crippen LogP contribution in [0, 0.1) is 0 Å². The largest absolute Gasteiger partial charge is 0.452 e. The number of carbonyl (C=O) groups is 2. The zero-order valence-electron chi connectivity index (χ0n) is 14.6. The quantitative estimate of drug-likeness (QED) is 0.717. The molecule has 2 aromatic heterocycles. The van der Waals surface area contributed by atoms with Crippen molar-refractivity contribution in [2.24, 2.45) is 0 Å². The van der Waals surface area contributed by atoms with Gasteiger partial charge in [0.25, 0.3) is 5.91 Å². The van der Waals surface area contributed by atoms with E-state index in [0.29, 0.717) is 25.3 Å². The van der Waals surface area contributed by atoms with Gasteiger partial charge in [-0.25, -0.2) is 9.78 Å². The first-order chi connectivity index (χ1) is 12.6. The Morgan fingerprint density at radius 2 is 2.12 bits per heavy atom. The summed E-state index contributed by atoms with van der Waals surface area (Å²) < 4.78 is 10.4. The number of amides is 1. The van der Waals surface area contributed by atoms with Crippen LogP contribution < -0.4 is 4.90 Å². The molecule has 3 heterocycles. The zero-order chi connectivity index (χ0) is 18.4. The van der Waals surface area contributed by atoms with Gasteiger partial charge in [0.1, 0.15) is 5.82 Å². The van der Waals surface area contributed by atoms with Crippen LogP contribution in [0.5, 0.6) is 0 Å². The van der Waals surface area contributed by atoms with Gasteiger partial charge in [-0.15, -0.1) is 11.3 Å². The molecule has 0 saturated carbocycles. The van der Waals surface area contributed by atoms with E-state index in [2.05, 4.69) is 9.88 Å². The molecule has 7 nitrogen and oxygen atoms in total. The Bertz CT molecular complexity index is 727. The Kier molecular flexibility index (Phi) is 6.19. The van der Waals surface area contributed by atoms with E-state index >= 15 is 0 Å². The molecule has 0 aromatic carbocycles. The van der Waals surface area contributed by atoms with Crippen molar-refractivity contribution in [3.8, 4) is 0 Å². The third-order valence-corrected chi connectivity index (χ3v) is 4.91. The summed E-state index contributed by atoms with van der Waals surface area (Å²) in [5, 5.41) is 1.96. The van der Waals surface area contributed by atoms with Crippen LogP contribution in [-0.2, 0) is 20.8 Å². The van der Waals surface area contributed by atoms with E-state index in [1.54, 1.807) is 35.4 Å². The second kappa shape index (κ2) is 8.77. The fourth-order valence-corrected chi connectivity index (χ4v) is 3.29. The Labute approximate surface area is 156 Å². The molecule has 0 atom stereocenters. The fraction of sp³-hybridized carbons (Fsp3) is 0.389. The Morgan fingerprint density at radius 1 is 1.31 bits per heavy atom. The van der Waals surface area contributed by atoms with Crippen molar-refractivity contribution in [3.05, 3.63) is 46.3 Å². The molecule has 0 aliphatic carbocycles.